The molecule has 11 heteroatoms. The SMILES string of the molecule is Cc1c(Br)cccc1Cc1nc(N)nc(NC[C@H]2CC[C@H](NCC(F)F)CC2)c1[N+](=O)[O-]. The fourth-order valence-electron chi connectivity index (χ4n) is 4.05. The van der Waals surface area contributed by atoms with Crippen LogP contribution in [0.1, 0.15) is 42.5 Å². The number of benzene rings is 1. The first kappa shape index (κ1) is 24.2. The Hall–Kier alpha value is -2.40. The molecule has 1 heterocycles. The van der Waals surface area contributed by atoms with Gasteiger partial charge < -0.3 is 16.4 Å². The molecule has 0 saturated heterocycles. The number of nitrogens with one attached hydrogen (secondary N) is 2. The van der Waals surface area contributed by atoms with E-state index in [1.807, 2.05) is 25.1 Å². The molecule has 1 aromatic heterocycles. The summed E-state index contributed by atoms with van der Waals surface area (Å²) in [7, 11) is 0. The molecule has 32 heavy (non-hydrogen) atoms. The number of anilines is 2. The molecule has 0 unspecified atom stereocenters. The number of nitro groups is 1. The smallest absolute Gasteiger partial charge is 0.333 e. The second kappa shape index (κ2) is 11.0. The van der Waals surface area contributed by atoms with Crippen LogP contribution in [-0.2, 0) is 6.42 Å². The Morgan fingerprint density at radius 1 is 1.28 bits per heavy atom. The van der Waals surface area contributed by atoms with Crippen LogP contribution in [0.2, 0.25) is 0 Å². The van der Waals surface area contributed by atoms with Crippen LogP contribution in [0.25, 0.3) is 0 Å². The Morgan fingerprint density at radius 3 is 2.66 bits per heavy atom. The van der Waals surface area contributed by atoms with Crippen LogP contribution in [0.5, 0.6) is 0 Å². The zero-order chi connectivity index (χ0) is 23.3. The zero-order valence-corrected chi connectivity index (χ0v) is 19.4. The van der Waals surface area contributed by atoms with Crippen molar-refractivity contribution in [3.8, 4) is 0 Å². The highest BCUT2D eigenvalue weighted by Crippen LogP contribution is 2.31. The Kier molecular flexibility index (Phi) is 8.30. The van der Waals surface area contributed by atoms with Gasteiger partial charge in [0.15, 0.2) is 0 Å². The highest BCUT2D eigenvalue weighted by Gasteiger charge is 2.27. The molecule has 1 fully saturated rings. The number of rotatable bonds is 9. The molecule has 8 nitrogen and oxygen atoms in total. The first-order valence-corrected chi connectivity index (χ1v) is 11.3. The van der Waals surface area contributed by atoms with Crippen molar-refractivity contribution < 1.29 is 13.7 Å². The van der Waals surface area contributed by atoms with Gasteiger partial charge in [-0.1, -0.05) is 28.1 Å². The first-order chi connectivity index (χ1) is 15.2. The molecule has 174 valence electrons. The van der Waals surface area contributed by atoms with Gasteiger partial charge in [0.1, 0.15) is 5.69 Å². The van der Waals surface area contributed by atoms with Crippen molar-refractivity contribution in [2.24, 2.45) is 5.92 Å². The lowest BCUT2D eigenvalue weighted by Gasteiger charge is -2.29. The predicted octanol–water partition coefficient (Wildman–Crippen LogP) is 4.45. The second-order valence-corrected chi connectivity index (χ2v) is 8.94. The third-order valence-electron chi connectivity index (χ3n) is 5.86. The van der Waals surface area contributed by atoms with E-state index in [-0.39, 0.29) is 48.1 Å². The van der Waals surface area contributed by atoms with Crippen LogP contribution in [0, 0.1) is 23.0 Å². The van der Waals surface area contributed by atoms with E-state index in [9.17, 15) is 18.9 Å². The molecular weight excluding hydrogens is 486 g/mol. The van der Waals surface area contributed by atoms with Crippen molar-refractivity contribution in [1.82, 2.24) is 15.3 Å². The molecule has 1 aliphatic rings. The van der Waals surface area contributed by atoms with Crippen LogP contribution in [0.3, 0.4) is 0 Å². The lowest BCUT2D eigenvalue weighted by molar-refractivity contribution is -0.385. The number of halogens is 3. The molecule has 2 aromatic rings. The molecule has 0 radical (unpaired) electrons. The number of hydrogen-bond donors (Lipinski definition) is 3. The molecule has 3 rings (SSSR count). The second-order valence-electron chi connectivity index (χ2n) is 8.08. The third-order valence-corrected chi connectivity index (χ3v) is 6.72. The van der Waals surface area contributed by atoms with E-state index in [1.54, 1.807) is 0 Å². The van der Waals surface area contributed by atoms with Crippen LogP contribution in [0.15, 0.2) is 22.7 Å². The molecule has 1 aromatic carbocycles. The molecule has 0 amide bonds. The quantitative estimate of drug-likeness (QED) is 0.335. The summed E-state index contributed by atoms with van der Waals surface area (Å²) in [4.78, 5) is 19.7. The van der Waals surface area contributed by atoms with E-state index in [2.05, 4.69) is 36.5 Å². The summed E-state index contributed by atoms with van der Waals surface area (Å²) in [5, 5.41) is 17.9. The minimum atomic E-state index is -2.35. The lowest BCUT2D eigenvalue weighted by atomic mass is 9.86. The van der Waals surface area contributed by atoms with Crippen molar-refractivity contribution in [1.29, 1.82) is 0 Å². The number of nitrogens with zero attached hydrogens (tertiary/aromatic N) is 3. The minimum Gasteiger partial charge on any atom is -0.368 e. The van der Waals surface area contributed by atoms with Crippen LogP contribution >= 0.6 is 15.9 Å². The number of hydrogen-bond acceptors (Lipinski definition) is 7. The standard InChI is InChI=1S/C21H27BrF2N6O2/c1-12-14(3-2-4-16(12)22)9-17-19(30(31)32)20(29-21(25)28-17)27-10-13-5-7-15(8-6-13)26-11-18(23)24/h2-4,13,15,18,26H,5-11H2,1H3,(H3,25,27,28,29)/t13-,15-. The van der Waals surface area contributed by atoms with Crippen molar-refractivity contribution in [3.05, 3.63) is 49.6 Å². The molecule has 4 N–H and O–H groups in total. The van der Waals surface area contributed by atoms with Gasteiger partial charge in [0.2, 0.25) is 11.8 Å². The largest absolute Gasteiger partial charge is 0.368 e. The Bertz CT molecular complexity index is 954. The molecule has 1 aliphatic carbocycles. The zero-order valence-electron chi connectivity index (χ0n) is 17.8. The maximum atomic E-state index is 12.4. The summed E-state index contributed by atoms with van der Waals surface area (Å²) in [6.07, 6.45) is 1.16. The molecule has 0 spiro atoms. The summed E-state index contributed by atoms with van der Waals surface area (Å²) in [6, 6.07) is 5.76. The van der Waals surface area contributed by atoms with Crippen LogP contribution in [-0.4, -0.2) is 40.4 Å². The van der Waals surface area contributed by atoms with Gasteiger partial charge in [-0.3, -0.25) is 10.1 Å². The average Bonchev–Trinajstić information content (AvgIpc) is 2.74. The third kappa shape index (κ3) is 6.32. The molecule has 1 saturated carbocycles. The molecule has 0 bridgehead atoms. The van der Waals surface area contributed by atoms with E-state index in [1.165, 1.54) is 0 Å². The fraction of sp³-hybridized carbons (Fsp3) is 0.524. The van der Waals surface area contributed by atoms with Gasteiger partial charge >= 0.3 is 5.69 Å². The van der Waals surface area contributed by atoms with Gasteiger partial charge in [0.05, 0.1) is 11.5 Å². The summed E-state index contributed by atoms with van der Waals surface area (Å²) in [5.74, 6) is 0.356. The van der Waals surface area contributed by atoms with E-state index in [0.717, 1.165) is 41.3 Å². The van der Waals surface area contributed by atoms with Crippen LogP contribution < -0.4 is 16.4 Å². The molecular formula is C21H27BrF2N6O2. The van der Waals surface area contributed by atoms with E-state index < -0.39 is 11.3 Å². The normalized spacial score (nSPS) is 18.7. The Labute approximate surface area is 193 Å². The van der Waals surface area contributed by atoms with Gasteiger partial charge in [0, 0.05) is 23.5 Å². The minimum absolute atomic E-state index is 0.0272. The Balaban J connectivity index is 1.70. The maximum absolute atomic E-state index is 12.4. The summed E-state index contributed by atoms with van der Waals surface area (Å²) >= 11 is 3.48. The topological polar surface area (TPSA) is 119 Å². The van der Waals surface area contributed by atoms with Crippen molar-refractivity contribution in [3.63, 3.8) is 0 Å². The number of nitrogen functional groups attached to an aromatic ring is 1. The first-order valence-electron chi connectivity index (χ1n) is 10.5. The average molecular weight is 513 g/mol. The van der Waals surface area contributed by atoms with Crippen molar-refractivity contribution in [2.75, 3.05) is 24.1 Å². The van der Waals surface area contributed by atoms with Crippen molar-refractivity contribution >= 4 is 33.4 Å². The summed E-state index contributed by atoms with van der Waals surface area (Å²) in [5.41, 5.74) is 7.83. The maximum Gasteiger partial charge on any atom is 0.333 e. The highest BCUT2D eigenvalue weighted by molar-refractivity contribution is 9.10. The lowest BCUT2D eigenvalue weighted by Crippen LogP contribution is -2.37. The molecule has 0 aliphatic heterocycles. The fourth-order valence-corrected chi connectivity index (χ4v) is 4.46. The van der Waals surface area contributed by atoms with E-state index in [4.69, 9.17) is 5.73 Å². The summed E-state index contributed by atoms with van der Waals surface area (Å²) in [6.45, 7) is 2.13. The predicted molar refractivity (Wildman–Crippen MR) is 123 cm³/mol. The number of nitrogens with two attached hydrogens (primary N) is 1. The highest BCUT2D eigenvalue weighted by atomic mass is 79.9. The van der Waals surface area contributed by atoms with E-state index in [0.29, 0.717) is 6.54 Å². The van der Waals surface area contributed by atoms with Gasteiger partial charge in [-0.05, 0) is 55.7 Å². The van der Waals surface area contributed by atoms with Gasteiger partial charge in [-0.25, -0.2) is 13.8 Å². The van der Waals surface area contributed by atoms with Gasteiger partial charge in [-0.15, -0.1) is 0 Å². The molecule has 0 atom stereocenters. The number of alkyl halides is 2. The number of aromatic nitrogens is 2. The summed E-state index contributed by atoms with van der Waals surface area (Å²) < 4.78 is 25.7. The van der Waals surface area contributed by atoms with E-state index >= 15 is 0 Å². The monoisotopic (exact) mass is 512 g/mol. The van der Waals surface area contributed by atoms with Crippen molar-refractivity contribution in [2.45, 2.75) is 51.5 Å². The van der Waals surface area contributed by atoms with Crippen LogP contribution in [0.4, 0.5) is 26.2 Å². The Morgan fingerprint density at radius 2 is 2.00 bits per heavy atom. The van der Waals surface area contributed by atoms with Gasteiger partial charge in [-0.2, -0.15) is 4.98 Å². The van der Waals surface area contributed by atoms with Gasteiger partial charge in [0.25, 0.3) is 6.43 Å².